The summed E-state index contributed by atoms with van der Waals surface area (Å²) in [5.74, 6) is -2.88. The number of benzene rings is 2. The van der Waals surface area contributed by atoms with Crippen LogP contribution in [-0.2, 0) is 9.59 Å². The molecular weight excluding hydrogens is 445 g/mol. The van der Waals surface area contributed by atoms with Crippen molar-refractivity contribution in [1.29, 1.82) is 0 Å². The van der Waals surface area contributed by atoms with E-state index in [2.05, 4.69) is 5.32 Å². The number of carboxylic acid groups (broad SMARTS) is 1. The van der Waals surface area contributed by atoms with Gasteiger partial charge < -0.3 is 9.67 Å². The van der Waals surface area contributed by atoms with Gasteiger partial charge in [-0.25, -0.2) is 9.18 Å². The minimum absolute atomic E-state index is 0.0239. The molecule has 1 saturated heterocycles. The van der Waals surface area contributed by atoms with Crippen LogP contribution in [0.4, 0.5) is 10.1 Å². The number of amides is 2. The molecule has 2 amide bonds. The van der Waals surface area contributed by atoms with Gasteiger partial charge in [-0.1, -0.05) is 12.1 Å². The van der Waals surface area contributed by atoms with Crippen molar-refractivity contribution in [2.75, 3.05) is 4.90 Å². The van der Waals surface area contributed by atoms with Gasteiger partial charge in [-0.2, -0.15) is 0 Å². The predicted octanol–water partition coefficient (Wildman–Crippen LogP) is 3.76. The number of carboxylic acids is 1. The van der Waals surface area contributed by atoms with Crippen LogP contribution in [0.2, 0.25) is 0 Å². The summed E-state index contributed by atoms with van der Waals surface area (Å²) in [5, 5.41) is 11.6. The van der Waals surface area contributed by atoms with Gasteiger partial charge in [0.25, 0.3) is 11.8 Å². The molecule has 0 atom stereocenters. The van der Waals surface area contributed by atoms with Gasteiger partial charge in [0.1, 0.15) is 11.4 Å². The third-order valence-corrected chi connectivity index (χ3v) is 5.57. The third kappa shape index (κ3) is 4.06. The van der Waals surface area contributed by atoms with E-state index in [9.17, 15) is 23.9 Å². The van der Waals surface area contributed by atoms with E-state index in [0.29, 0.717) is 16.9 Å². The zero-order chi connectivity index (χ0) is 23.9. The highest BCUT2D eigenvalue weighted by atomic mass is 32.1. The number of aryl methyl sites for hydroxylation is 1. The average Bonchev–Trinajstić information content (AvgIpc) is 3.04. The number of halogens is 1. The van der Waals surface area contributed by atoms with Crippen LogP contribution in [0.1, 0.15) is 27.3 Å². The highest BCUT2D eigenvalue weighted by molar-refractivity contribution is 7.80. The number of aromatic carboxylic acids is 1. The SMILES string of the molecule is Cc1cc(C=C2C(=O)NC(=S)N(c3cccc(C(=O)O)c3)C2=O)c(C)n1-c1cccc(F)c1. The van der Waals surface area contributed by atoms with Crippen molar-refractivity contribution >= 4 is 46.9 Å². The molecule has 1 aromatic heterocycles. The largest absolute Gasteiger partial charge is 0.478 e. The monoisotopic (exact) mass is 463 g/mol. The van der Waals surface area contributed by atoms with Crippen molar-refractivity contribution in [3.63, 3.8) is 0 Å². The molecule has 166 valence electrons. The van der Waals surface area contributed by atoms with Crippen molar-refractivity contribution < 1.29 is 23.9 Å². The van der Waals surface area contributed by atoms with Gasteiger partial charge >= 0.3 is 5.97 Å². The molecule has 2 heterocycles. The average molecular weight is 463 g/mol. The summed E-state index contributed by atoms with van der Waals surface area (Å²) < 4.78 is 15.6. The van der Waals surface area contributed by atoms with Crippen LogP contribution in [0, 0.1) is 19.7 Å². The van der Waals surface area contributed by atoms with E-state index < -0.39 is 17.8 Å². The molecular formula is C24H18FN3O4S. The normalized spacial score (nSPS) is 15.2. The summed E-state index contributed by atoms with van der Waals surface area (Å²) in [6.45, 7) is 3.63. The standard InChI is InChI=1S/C24H18FN3O4S/c1-13-9-16(14(2)27(13)19-8-4-6-17(25)12-19)11-20-21(29)26-24(33)28(22(20)30)18-7-3-5-15(10-18)23(31)32/h3-12H,1-2H3,(H,31,32)(H,26,29,33). The third-order valence-electron chi connectivity index (χ3n) is 5.29. The molecule has 7 nitrogen and oxygen atoms in total. The van der Waals surface area contributed by atoms with Crippen LogP contribution in [0.15, 0.2) is 60.2 Å². The quantitative estimate of drug-likeness (QED) is 0.349. The van der Waals surface area contributed by atoms with Gasteiger partial charge in [-0.3, -0.25) is 19.8 Å². The minimum atomic E-state index is -1.16. The molecule has 1 fully saturated rings. The molecule has 0 aliphatic carbocycles. The lowest BCUT2D eigenvalue weighted by atomic mass is 10.1. The lowest BCUT2D eigenvalue weighted by Gasteiger charge is -2.29. The van der Waals surface area contributed by atoms with Crippen molar-refractivity contribution in [3.05, 3.63) is 88.5 Å². The van der Waals surface area contributed by atoms with Gasteiger partial charge in [0.05, 0.1) is 11.3 Å². The van der Waals surface area contributed by atoms with E-state index in [1.807, 2.05) is 11.5 Å². The Balaban J connectivity index is 1.77. The second-order valence-corrected chi connectivity index (χ2v) is 7.84. The fraction of sp³-hybridized carbons (Fsp3) is 0.0833. The molecule has 0 bridgehead atoms. The maximum absolute atomic E-state index is 13.7. The Morgan fingerprint density at radius 1 is 1.06 bits per heavy atom. The van der Waals surface area contributed by atoms with Gasteiger partial charge in [0.15, 0.2) is 5.11 Å². The Hall–Kier alpha value is -4.11. The van der Waals surface area contributed by atoms with Crippen LogP contribution in [0.3, 0.4) is 0 Å². The Morgan fingerprint density at radius 2 is 1.76 bits per heavy atom. The Kier molecular flexibility index (Phi) is 5.65. The predicted molar refractivity (Wildman–Crippen MR) is 125 cm³/mol. The van der Waals surface area contributed by atoms with Gasteiger partial charge in [-0.05, 0) is 80.2 Å². The molecule has 33 heavy (non-hydrogen) atoms. The number of hydrogen-bond donors (Lipinski definition) is 2. The maximum atomic E-state index is 13.7. The number of thiocarbonyl (C=S) groups is 1. The van der Waals surface area contributed by atoms with E-state index >= 15 is 0 Å². The van der Waals surface area contributed by atoms with Crippen LogP contribution in [0.25, 0.3) is 11.8 Å². The molecule has 0 unspecified atom stereocenters. The molecule has 1 aliphatic rings. The Labute approximate surface area is 193 Å². The van der Waals surface area contributed by atoms with Crippen molar-refractivity contribution in [1.82, 2.24) is 9.88 Å². The van der Waals surface area contributed by atoms with Crippen LogP contribution in [0.5, 0.6) is 0 Å². The first-order valence-corrected chi connectivity index (χ1v) is 10.3. The molecule has 0 radical (unpaired) electrons. The Morgan fingerprint density at radius 3 is 2.45 bits per heavy atom. The van der Waals surface area contributed by atoms with Crippen molar-refractivity contribution in [2.24, 2.45) is 0 Å². The van der Waals surface area contributed by atoms with E-state index in [0.717, 1.165) is 10.6 Å². The van der Waals surface area contributed by atoms with Crippen LogP contribution in [-0.4, -0.2) is 32.6 Å². The Bertz CT molecular complexity index is 1380. The van der Waals surface area contributed by atoms with E-state index in [-0.39, 0.29) is 27.8 Å². The zero-order valence-electron chi connectivity index (χ0n) is 17.6. The van der Waals surface area contributed by atoms with Gasteiger partial charge in [-0.15, -0.1) is 0 Å². The minimum Gasteiger partial charge on any atom is -0.478 e. The summed E-state index contributed by atoms with van der Waals surface area (Å²) >= 11 is 5.18. The lowest BCUT2D eigenvalue weighted by molar-refractivity contribution is -0.122. The molecule has 3 aromatic rings. The van der Waals surface area contributed by atoms with E-state index in [1.165, 1.54) is 42.5 Å². The fourth-order valence-electron chi connectivity index (χ4n) is 3.77. The molecule has 0 saturated carbocycles. The number of rotatable bonds is 4. The fourth-order valence-corrected chi connectivity index (χ4v) is 4.05. The summed E-state index contributed by atoms with van der Waals surface area (Å²) in [7, 11) is 0. The number of carbonyl (C=O) groups excluding carboxylic acids is 2. The second kappa shape index (κ2) is 8.44. The maximum Gasteiger partial charge on any atom is 0.335 e. The zero-order valence-corrected chi connectivity index (χ0v) is 18.4. The molecule has 2 N–H and O–H groups in total. The second-order valence-electron chi connectivity index (χ2n) is 7.46. The van der Waals surface area contributed by atoms with E-state index in [4.69, 9.17) is 12.2 Å². The van der Waals surface area contributed by atoms with Crippen molar-refractivity contribution in [3.8, 4) is 5.69 Å². The molecule has 2 aromatic carbocycles. The number of anilines is 1. The summed E-state index contributed by atoms with van der Waals surface area (Å²) in [6.07, 6.45) is 1.45. The van der Waals surface area contributed by atoms with Crippen LogP contribution >= 0.6 is 12.2 Å². The highest BCUT2D eigenvalue weighted by Crippen LogP contribution is 2.26. The molecule has 1 aliphatic heterocycles. The van der Waals surface area contributed by atoms with E-state index in [1.54, 1.807) is 25.1 Å². The topological polar surface area (TPSA) is 91.6 Å². The van der Waals surface area contributed by atoms with Gasteiger partial charge in [0, 0.05) is 17.1 Å². The first kappa shape index (κ1) is 22.1. The number of hydrogen-bond acceptors (Lipinski definition) is 4. The first-order chi connectivity index (χ1) is 15.7. The smallest absolute Gasteiger partial charge is 0.335 e. The number of nitrogens with zero attached hydrogens (tertiary/aromatic N) is 2. The van der Waals surface area contributed by atoms with Gasteiger partial charge in [0.2, 0.25) is 0 Å². The summed E-state index contributed by atoms with van der Waals surface area (Å²) in [5.41, 5.74) is 2.74. The molecule has 4 rings (SSSR count). The first-order valence-electron chi connectivity index (χ1n) is 9.87. The molecule has 9 heteroatoms. The lowest BCUT2D eigenvalue weighted by Crippen LogP contribution is -2.54. The number of aromatic nitrogens is 1. The molecule has 0 spiro atoms. The van der Waals surface area contributed by atoms with Crippen molar-refractivity contribution in [2.45, 2.75) is 13.8 Å². The summed E-state index contributed by atoms with van der Waals surface area (Å²) in [6, 6.07) is 13.6. The summed E-state index contributed by atoms with van der Waals surface area (Å²) in [4.78, 5) is 38.3. The van der Waals surface area contributed by atoms with Crippen LogP contribution < -0.4 is 10.2 Å². The highest BCUT2D eigenvalue weighted by Gasteiger charge is 2.35. The number of nitrogens with one attached hydrogen (secondary N) is 1. The number of carbonyl (C=O) groups is 3.